The molecule has 0 radical (unpaired) electrons. The van der Waals surface area contributed by atoms with E-state index in [9.17, 15) is 45.6 Å². The van der Waals surface area contributed by atoms with E-state index in [1.54, 1.807) is 0 Å². The summed E-state index contributed by atoms with van der Waals surface area (Å²) in [5, 5.41) is 83.9. The van der Waals surface area contributed by atoms with E-state index >= 15 is 0 Å². The fourth-order valence-corrected chi connectivity index (χ4v) is 5.26. The number of aliphatic hydroxyl groups is 5. The van der Waals surface area contributed by atoms with Crippen LogP contribution in [0.2, 0.25) is 0 Å². The first-order valence-electron chi connectivity index (χ1n) is 13.1. The predicted octanol–water partition coefficient (Wildman–Crippen LogP) is -0.0203. The van der Waals surface area contributed by atoms with Crippen LogP contribution < -0.4 is 10.2 Å². The number of benzene rings is 2. The highest BCUT2D eigenvalue weighted by atomic mass is 16.7. The number of ether oxygens (including phenoxy) is 4. The number of aliphatic hydroxyl groups excluding tert-OH is 5. The monoisotopic (exact) mass is 592 g/mol. The molecule has 14 nitrogen and oxygen atoms in total. The number of hydrogen-bond acceptors (Lipinski definition) is 14. The molecule has 0 spiro atoms. The number of aromatic hydroxyl groups is 3. The Bertz CT molecular complexity index is 1520. The van der Waals surface area contributed by atoms with Gasteiger partial charge in [0.25, 0.3) is 0 Å². The zero-order chi connectivity index (χ0) is 30.6. The van der Waals surface area contributed by atoms with Crippen LogP contribution in [0.1, 0.15) is 25.5 Å². The van der Waals surface area contributed by atoms with Gasteiger partial charge in [0.2, 0.25) is 0 Å². The van der Waals surface area contributed by atoms with Crippen molar-refractivity contribution in [2.45, 2.75) is 75.1 Å². The molecule has 2 saturated heterocycles. The fourth-order valence-electron chi connectivity index (χ4n) is 5.26. The Kier molecular flexibility index (Phi) is 8.08. The summed E-state index contributed by atoms with van der Waals surface area (Å²) in [4.78, 5) is 13.2. The Morgan fingerprint density at radius 2 is 1.45 bits per heavy atom. The van der Waals surface area contributed by atoms with Gasteiger partial charge >= 0.3 is 0 Å². The summed E-state index contributed by atoms with van der Waals surface area (Å²) in [5.74, 6) is -1.35. The maximum absolute atomic E-state index is 13.2. The van der Waals surface area contributed by atoms with Gasteiger partial charge in [0.05, 0.1) is 24.9 Å². The Hall–Kier alpha value is -3.47. The second kappa shape index (κ2) is 11.3. The molecule has 1 aromatic heterocycles. The zero-order valence-electron chi connectivity index (χ0n) is 22.7. The van der Waals surface area contributed by atoms with Crippen molar-refractivity contribution >= 4 is 11.0 Å². The molecule has 0 bridgehead atoms. The normalized spacial score (nSPS) is 33.5. The van der Waals surface area contributed by atoms with Crippen LogP contribution in [0.25, 0.3) is 22.3 Å². The standard InChI is InChI=1S/C28H32O14/c1-9-21(33)24(36)27(42-28-25(37)23(35)20(32)10(2)40-28)26(39-9)19-14(31)8-17-18(22(19)34)13(30)7-15(41-17)11-4-5-12(29)16(6-11)38-3/h4-10,20-21,23-29,31-37H,1-3H3/t9-,10-,20+,21-,23-,24+,25+,26+,27+,28+/m1/s1. The first-order chi connectivity index (χ1) is 19.8. The van der Waals surface area contributed by atoms with Crippen LogP contribution in [0.5, 0.6) is 23.0 Å². The molecule has 228 valence electrons. The second-order valence-corrected chi connectivity index (χ2v) is 10.4. The molecule has 2 aliphatic heterocycles. The van der Waals surface area contributed by atoms with Crippen molar-refractivity contribution in [1.82, 2.24) is 0 Å². The molecule has 2 aliphatic rings. The number of phenols is 3. The molecule has 0 aliphatic carbocycles. The van der Waals surface area contributed by atoms with E-state index in [1.807, 2.05) is 0 Å². The molecule has 0 unspecified atom stereocenters. The van der Waals surface area contributed by atoms with Gasteiger partial charge in [0.15, 0.2) is 23.2 Å². The third-order valence-corrected chi connectivity index (χ3v) is 7.69. The summed E-state index contributed by atoms with van der Waals surface area (Å²) in [7, 11) is 1.35. The summed E-state index contributed by atoms with van der Waals surface area (Å²) < 4.78 is 27.9. The van der Waals surface area contributed by atoms with Gasteiger partial charge in [-0.1, -0.05) is 0 Å². The summed E-state index contributed by atoms with van der Waals surface area (Å²) in [5.41, 5.74) is -0.942. The van der Waals surface area contributed by atoms with Gasteiger partial charge in [0, 0.05) is 17.7 Å². The molecule has 14 heteroatoms. The molecule has 2 aromatic carbocycles. The van der Waals surface area contributed by atoms with Crippen LogP contribution in [0.15, 0.2) is 39.5 Å². The minimum absolute atomic E-state index is 0.0398. The first kappa shape index (κ1) is 30.0. The van der Waals surface area contributed by atoms with Gasteiger partial charge in [0.1, 0.15) is 71.0 Å². The van der Waals surface area contributed by atoms with Crippen molar-refractivity contribution in [1.29, 1.82) is 0 Å². The SMILES string of the molecule is COc1cc(-c2cc(=O)c3c(O)c([C@@H]4O[C@H](C)[C@@H](O)[C@H](O)[C@@H]4O[C@@H]4O[C@H](C)[C@H](O)[C@@H](O)[C@@H]4O)c(O)cc3o2)ccc1O. The second-order valence-electron chi connectivity index (χ2n) is 10.4. The molecule has 10 atom stereocenters. The maximum Gasteiger partial charge on any atom is 0.197 e. The minimum Gasteiger partial charge on any atom is -0.507 e. The van der Waals surface area contributed by atoms with Crippen molar-refractivity contribution in [3.63, 3.8) is 0 Å². The molecule has 8 N–H and O–H groups in total. The number of fused-ring (bicyclic) bond motifs is 1. The van der Waals surface area contributed by atoms with Gasteiger partial charge in [-0.25, -0.2) is 0 Å². The Labute approximate surface area is 238 Å². The lowest BCUT2D eigenvalue weighted by Crippen LogP contribution is -2.61. The fraction of sp³-hybridized carbons (Fsp3) is 0.464. The van der Waals surface area contributed by atoms with Crippen LogP contribution in [0.4, 0.5) is 0 Å². The van der Waals surface area contributed by atoms with Crippen molar-refractivity contribution < 1.29 is 64.2 Å². The Morgan fingerprint density at radius 3 is 2.14 bits per heavy atom. The quantitative estimate of drug-likeness (QED) is 0.195. The molecular formula is C28H32O14. The van der Waals surface area contributed by atoms with Crippen molar-refractivity contribution in [2.24, 2.45) is 0 Å². The van der Waals surface area contributed by atoms with E-state index < -0.39 is 78.2 Å². The van der Waals surface area contributed by atoms with E-state index in [0.717, 1.165) is 12.1 Å². The highest BCUT2D eigenvalue weighted by Gasteiger charge is 2.50. The van der Waals surface area contributed by atoms with Crippen LogP contribution in [0.3, 0.4) is 0 Å². The first-order valence-corrected chi connectivity index (χ1v) is 13.1. The molecule has 3 aromatic rings. The van der Waals surface area contributed by atoms with Gasteiger partial charge in [-0.3, -0.25) is 4.79 Å². The largest absolute Gasteiger partial charge is 0.507 e. The number of phenolic OH excluding ortho intramolecular Hbond substituents is 3. The van der Waals surface area contributed by atoms with Crippen LogP contribution in [0, 0.1) is 0 Å². The van der Waals surface area contributed by atoms with Gasteiger partial charge < -0.3 is 64.2 Å². The molecule has 2 fully saturated rings. The van der Waals surface area contributed by atoms with Crippen LogP contribution in [-0.4, -0.2) is 103 Å². The van der Waals surface area contributed by atoms with Crippen LogP contribution in [-0.2, 0) is 14.2 Å². The predicted molar refractivity (Wildman–Crippen MR) is 142 cm³/mol. The third-order valence-electron chi connectivity index (χ3n) is 7.69. The molecule has 3 heterocycles. The van der Waals surface area contributed by atoms with Crippen molar-refractivity contribution in [2.75, 3.05) is 7.11 Å². The van der Waals surface area contributed by atoms with Gasteiger partial charge in [-0.15, -0.1) is 0 Å². The summed E-state index contributed by atoms with van der Waals surface area (Å²) >= 11 is 0. The summed E-state index contributed by atoms with van der Waals surface area (Å²) in [6.07, 6.45) is -14.9. The van der Waals surface area contributed by atoms with Crippen LogP contribution >= 0.6 is 0 Å². The number of hydrogen-bond donors (Lipinski definition) is 8. The average Bonchev–Trinajstić information content (AvgIpc) is 2.95. The smallest absolute Gasteiger partial charge is 0.197 e. The molecule has 5 rings (SSSR count). The zero-order valence-corrected chi connectivity index (χ0v) is 22.7. The topological polar surface area (TPSA) is 229 Å². The van der Waals surface area contributed by atoms with E-state index in [4.69, 9.17) is 23.4 Å². The van der Waals surface area contributed by atoms with Gasteiger partial charge in [-0.05, 0) is 32.0 Å². The van der Waals surface area contributed by atoms with E-state index in [-0.39, 0.29) is 33.8 Å². The molecule has 42 heavy (non-hydrogen) atoms. The summed E-state index contributed by atoms with van der Waals surface area (Å²) in [6.45, 7) is 2.84. The van der Waals surface area contributed by atoms with Gasteiger partial charge in [-0.2, -0.15) is 0 Å². The Morgan fingerprint density at radius 1 is 0.786 bits per heavy atom. The van der Waals surface area contributed by atoms with E-state index in [2.05, 4.69) is 0 Å². The molecule has 0 saturated carbocycles. The third kappa shape index (κ3) is 5.05. The maximum atomic E-state index is 13.2. The van der Waals surface area contributed by atoms with E-state index in [0.29, 0.717) is 5.56 Å². The number of methoxy groups -OCH3 is 1. The molecule has 0 amide bonds. The minimum atomic E-state index is -1.77. The molecular weight excluding hydrogens is 560 g/mol. The lowest BCUT2D eigenvalue weighted by atomic mass is 9.89. The van der Waals surface area contributed by atoms with Crippen molar-refractivity contribution in [3.8, 4) is 34.3 Å². The average molecular weight is 593 g/mol. The lowest BCUT2D eigenvalue weighted by molar-refractivity contribution is -0.336. The summed E-state index contributed by atoms with van der Waals surface area (Å²) in [6, 6.07) is 6.39. The number of rotatable bonds is 5. The van der Waals surface area contributed by atoms with Crippen molar-refractivity contribution in [3.05, 3.63) is 46.1 Å². The van der Waals surface area contributed by atoms with E-state index in [1.165, 1.54) is 39.2 Å². The lowest BCUT2D eigenvalue weighted by Gasteiger charge is -2.46. The Balaban J connectivity index is 1.58. The highest BCUT2D eigenvalue weighted by molar-refractivity contribution is 5.88. The highest BCUT2D eigenvalue weighted by Crippen LogP contribution is 2.46.